The van der Waals surface area contributed by atoms with Crippen LogP contribution < -0.4 is 5.73 Å². The third-order valence-corrected chi connectivity index (χ3v) is 6.55. The van der Waals surface area contributed by atoms with Crippen molar-refractivity contribution in [3.8, 4) is 11.4 Å². The number of carbonyl (C=O) groups is 1. The molecular formula is C22H30N4O3. The molecule has 1 amide bonds. The molecule has 2 heterocycles. The van der Waals surface area contributed by atoms with Gasteiger partial charge in [-0.3, -0.25) is 9.69 Å². The van der Waals surface area contributed by atoms with Crippen LogP contribution in [0.1, 0.15) is 62.9 Å². The van der Waals surface area contributed by atoms with Crippen LogP contribution in [-0.2, 0) is 11.2 Å². The number of likely N-dealkylation sites (tertiary alicyclic amines) is 1. The summed E-state index contributed by atoms with van der Waals surface area (Å²) in [6.45, 7) is 2.67. The summed E-state index contributed by atoms with van der Waals surface area (Å²) in [4.78, 5) is 18.3. The number of hydrogen-bond donors (Lipinski definition) is 2. The molecule has 1 aliphatic carbocycles. The number of nitrogens with zero attached hydrogens (tertiary/aromatic N) is 3. The SMILES string of the molecule is C[C@@H](c1ccc(-c2noc(CCC3CCCC3)n2)cc1)N1CCC(O)C1C(N)=O. The lowest BCUT2D eigenvalue weighted by Gasteiger charge is -2.30. The molecule has 0 radical (unpaired) electrons. The zero-order valence-electron chi connectivity index (χ0n) is 17.0. The summed E-state index contributed by atoms with van der Waals surface area (Å²) in [5, 5.41) is 14.2. The van der Waals surface area contributed by atoms with Crippen LogP contribution in [0.5, 0.6) is 0 Å². The van der Waals surface area contributed by atoms with Gasteiger partial charge < -0.3 is 15.4 Å². The van der Waals surface area contributed by atoms with Gasteiger partial charge in [0.25, 0.3) is 0 Å². The average molecular weight is 399 g/mol. The van der Waals surface area contributed by atoms with E-state index in [4.69, 9.17) is 10.3 Å². The van der Waals surface area contributed by atoms with Gasteiger partial charge in [0.2, 0.25) is 17.6 Å². The van der Waals surface area contributed by atoms with Crippen molar-refractivity contribution >= 4 is 5.91 Å². The molecule has 1 aromatic carbocycles. The molecule has 3 N–H and O–H groups in total. The van der Waals surface area contributed by atoms with Gasteiger partial charge in [-0.15, -0.1) is 0 Å². The Morgan fingerprint density at radius 1 is 1.28 bits per heavy atom. The van der Waals surface area contributed by atoms with Gasteiger partial charge in [-0.1, -0.05) is 55.1 Å². The molecule has 7 nitrogen and oxygen atoms in total. The Hall–Kier alpha value is -2.25. The first-order valence-electron chi connectivity index (χ1n) is 10.7. The molecule has 1 saturated heterocycles. The number of carbonyl (C=O) groups excluding carboxylic acids is 1. The van der Waals surface area contributed by atoms with E-state index in [1.54, 1.807) is 0 Å². The Morgan fingerprint density at radius 3 is 2.69 bits per heavy atom. The Labute approximate surface area is 171 Å². The lowest BCUT2D eigenvalue weighted by atomic mass is 10.0. The Bertz CT molecular complexity index is 829. The van der Waals surface area contributed by atoms with E-state index in [-0.39, 0.29) is 6.04 Å². The number of aromatic nitrogens is 2. The van der Waals surface area contributed by atoms with E-state index in [2.05, 4.69) is 10.1 Å². The number of amides is 1. The zero-order chi connectivity index (χ0) is 20.4. The van der Waals surface area contributed by atoms with Crippen molar-refractivity contribution < 1.29 is 14.4 Å². The second-order valence-corrected chi connectivity index (χ2v) is 8.44. The van der Waals surface area contributed by atoms with Crippen molar-refractivity contribution in [2.75, 3.05) is 6.54 Å². The molecule has 0 bridgehead atoms. The van der Waals surface area contributed by atoms with Crippen LogP contribution in [0.3, 0.4) is 0 Å². The van der Waals surface area contributed by atoms with Crippen molar-refractivity contribution in [1.82, 2.24) is 15.0 Å². The maximum absolute atomic E-state index is 11.7. The lowest BCUT2D eigenvalue weighted by Crippen LogP contribution is -2.46. The molecule has 1 saturated carbocycles. The van der Waals surface area contributed by atoms with E-state index < -0.39 is 18.1 Å². The van der Waals surface area contributed by atoms with Gasteiger partial charge in [0.15, 0.2) is 0 Å². The van der Waals surface area contributed by atoms with E-state index in [1.807, 2.05) is 36.1 Å². The van der Waals surface area contributed by atoms with Gasteiger partial charge in [0.1, 0.15) is 6.04 Å². The fourth-order valence-corrected chi connectivity index (χ4v) is 4.79. The highest BCUT2D eigenvalue weighted by molar-refractivity contribution is 5.81. The van der Waals surface area contributed by atoms with Crippen LogP contribution in [0.4, 0.5) is 0 Å². The Morgan fingerprint density at radius 2 is 2.00 bits per heavy atom. The minimum atomic E-state index is -0.698. The second kappa shape index (κ2) is 8.63. The summed E-state index contributed by atoms with van der Waals surface area (Å²) >= 11 is 0. The van der Waals surface area contributed by atoms with Crippen LogP contribution in [0.25, 0.3) is 11.4 Å². The van der Waals surface area contributed by atoms with Crippen molar-refractivity contribution in [1.29, 1.82) is 0 Å². The van der Waals surface area contributed by atoms with Gasteiger partial charge >= 0.3 is 0 Å². The van der Waals surface area contributed by atoms with Crippen LogP contribution >= 0.6 is 0 Å². The molecule has 2 fully saturated rings. The summed E-state index contributed by atoms with van der Waals surface area (Å²) in [7, 11) is 0. The molecule has 7 heteroatoms. The zero-order valence-corrected chi connectivity index (χ0v) is 17.0. The molecule has 4 rings (SSSR count). The number of aryl methyl sites for hydroxylation is 1. The van der Waals surface area contributed by atoms with Gasteiger partial charge in [-0.05, 0) is 31.2 Å². The maximum atomic E-state index is 11.7. The monoisotopic (exact) mass is 398 g/mol. The average Bonchev–Trinajstić information content (AvgIpc) is 3.46. The largest absolute Gasteiger partial charge is 0.391 e. The fraction of sp³-hybridized carbons (Fsp3) is 0.591. The molecule has 0 spiro atoms. The van der Waals surface area contributed by atoms with Gasteiger partial charge in [0.05, 0.1) is 6.10 Å². The van der Waals surface area contributed by atoms with Gasteiger partial charge in [-0.25, -0.2) is 0 Å². The molecule has 1 aromatic heterocycles. The highest BCUT2D eigenvalue weighted by Gasteiger charge is 2.39. The molecule has 1 aliphatic heterocycles. The van der Waals surface area contributed by atoms with E-state index in [1.165, 1.54) is 25.7 Å². The minimum absolute atomic E-state index is 0.0223. The standard InChI is InChI=1S/C22H30N4O3/c1-14(26-13-12-18(27)20(26)21(23)28)16-7-9-17(10-8-16)22-24-19(29-25-22)11-6-15-4-2-3-5-15/h7-10,14-15,18,20,27H,2-6,11-13H2,1H3,(H2,23,28)/t14-,18?,20?/m0/s1. The maximum Gasteiger partial charge on any atom is 0.237 e. The number of benzene rings is 1. The summed E-state index contributed by atoms with van der Waals surface area (Å²) in [6.07, 6.45) is 7.18. The molecule has 2 aromatic rings. The quantitative estimate of drug-likeness (QED) is 0.743. The van der Waals surface area contributed by atoms with Crippen molar-refractivity contribution in [2.24, 2.45) is 11.7 Å². The fourth-order valence-electron chi connectivity index (χ4n) is 4.79. The third kappa shape index (κ3) is 4.36. The Balaban J connectivity index is 1.40. The lowest BCUT2D eigenvalue weighted by molar-refractivity contribution is -0.125. The van der Waals surface area contributed by atoms with Crippen LogP contribution in [0.2, 0.25) is 0 Å². The van der Waals surface area contributed by atoms with Crippen LogP contribution in [0, 0.1) is 5.92 Å². The van der Waals surface area contributed by atoms with E-state index in [0.29, 0.717) is 24.7 Å². The van der Waals surface area contributed by atoms with Gasteiger partial charge in [-0.2, -0.15) is 4.98 Å². The number of primary amides is 1. The highest BCUT2D eigenvalue weighted by Crippen LogP contribution is 2.31. The molecule has 3 atom stereocenters. The van der Waals surface area contributed by atoms with Crippen LogP contribution in [-0.4, -0.2) is 44.7 Å². The first-order chi connectivity index (χ1) is 14.0. The van der Waals surface area contributed by atoms with Crippen LogP contribution in [0.15, 0.2) is 28.8 Å². The number of aliphatic hydroxyl groups is 1. The van der Waals surface area contributed by atoms with E-state index in [9.17, 15) is 9.90 Å². The number of nitrogens with two attached hydrogens (primary N) is 1. The number of aliphatic hydroxyl groups excluding tert-OH is 1. The van der Waals surface area contributed by atoms with E-state index >= 15 is 0 Å². The van der Waals surface area contributed by atoms with Crippen molar-refractivity contribution in [3.63, 3.8) is 0 Å². The molecule has 156 valence electrons. The summed E-state index contributed by atoms with van der Waals surface area (Å²) in [6, 6.07) is 7.32. The Kier molecular flexibility index (Phi) is 5.96. The topological polar surface area (TPSA) is 105 Å². The smallest absolute Gasteiger partial charge is 0.237 e. The molecule has 2 aliphatic rings. The predicted molar refractivity (Wildman–Crippen MR) is 109 cm³/mol. The van der Waals surface area contributed by atoms with Crippen molar-refractivity contribution in [3.05, 3.63) is 35.7 Å². The first kappa shape index (κ1) is 20.0. The van der Waals surface area contributed by atoms with Crippen molar-refractivity contribution in [2.45, 2.75) is 70.1 Å². The number of rotatable bonds is 7. The predicted octanol–water partition coefficient (Wildman–Crippen LogP) is 2.84. The summed E-state index contributed by atoms with van der Waals surface area (Å²) in [5.74, 6) is 1.65. The molecule has 29 heavy (non-hydrogen) atoms. The normalized spacial score (nSPS) is 24.2. The molecule has 2 unspecified atom stereocenters. The number of hydrogen-bond acceptors (Lipinski definition) is 6. The summed E-state index contributed by atoms with van der Waals surface area (Å²) < 4.78 is 5.44. The first-order valence-corrected chi connectivity index (χ1v) is 10.7. The molecular weight excluding hydrogens is 368 g/mol. The van der Waals surface area contributed by atoms with Gasteiger partial charge in [0, 0.05) is 24.6 Å². The third-order valence-electron chi connectivity index (χ3n) is 6.55. The second-order valence-electron chi connectivity index (χ2n) is 8.44. The van der Waals surface area contributed by atoms with E-state index in [0.717, 1.165) is 29.9 Å². The summed E-state index contributed by atoms with van der Waals surface area (Å²) in [5.41, 5.74) is 7.46. The highest BCUT2D eigenvalue weighted by atomic mass is 16.5. The minimum Gasteiger partial charge on any atom is -0.391 e.